The summed E-state index contributed by atoms with van der Waals surface area (Å²) < 4.78 is 1.86. The molecule has 1 heterocycles. The van der Waals surface area contributed by atoms with Crippen LogP contribution in [0, 0.1) is 13.8 Å². The number of carbonyl (C=O) groups is 1. The molecule has 5 heteroatoms. The Balaban J connectivity index is 2.24. The zero-order valence-electron chi connectivity index (χ0n) is 13.5. The molecule has 0 aliphatic carbocycles. The monoisotopic (exact) mass is 319 g/mol. The van der Waals surface area contributed by atoms with Gasteiger partial charge in [0.2, 0.25) is 5.91 Å². The average Bonchev–Trinajstić information content (AvgIpc) is 2.76. The Bertz CT molecular complexity index is 661. The molecule has 2 rings (SSSR count). The standard InChI is InChI=1S/C17H22ClN3O/c1-5-11(2)19-17(22)10-16-12(3)20-21(13(16)4)15-8-6-14(18)7-9-15/h6-9,11H,5,10H2,1-4H3,(H,19,22). The highest BCUT2D eigenvalue weighted by molar-refractivity contribution is 6.30. The number of nitrogens with zero attached hydrogens (tertiary/aromatic N) is 2. The highest BCUT2D eigenvalue weighted by Crippen LogP contribution is 2.20. The summed E-state index contributed by atoms with van der Waals surface area (Å²) >= 11 is 5.92. The number of amides is 1. The molecule has 0 fully saturated rings. The summed E-state index contributed by atoms with van der Waals surface area (Å²) in [6.07, 6.45) is 1.28. The molecule has 118 valence electrons. The lowest BCUT2D eigenvalue weighted by Gasteiger charge is -2.11. The summed E-state index contributed by atoms with van der Waals surface area (Å²) in [4.78, 5) is 12.1. The molecule has 1 N–H and O–H groups in total. The SMILES string of the molecule is CCC(C)NC(=O)Cc1c(C)nn(-c2ccc(Cl)cc2)c1C. The van der Waals surface area contributed by atoms with Gasteiger partial charge in [0.15, 0.2) is 0 Å². The molecule has 1 unspecified atom stereocenters. The Labute approximate surface area is 136 Å². The van der Waals surface area contributed by atoms with Gasteiger partial charge in [-0.15, -0.1) is 0 Å². The van der Waals surface area contributed by atoms with Crippen LogP contribution < -0.4 is 5.32 Å². The molecule has 4 nitrogen and oxygen atoms in total. The summed E-state index contributed by atoms with van der Waals surface area (Å²) in [5, 5.41) is 8.24. The topological polar surface area (TPSA) is 46.9 Å². The third kappa shape index (κ3) is 3.69. The molecule has 1 aromatic heterocycles. The minimum Gasteiger partial charge on any atom is -0.353 e. The smallest absolute Gasteiger partial charge is 0.224 e. The summed E-state index contributed by atoms with van der Waals surface area (Å²) in [6.45, 7) is 7.99. The third-order valence-electron chi connectivity index (χ3n) is 3.87. The molecule has 0 aliphatic heterocycles. The van der Waals surface area contributed by atoms with E-state index in [2.05, 4.69) is 17.3 Å². The van der Waals surface area contributed by atoms with Crippen LogP contribution in [0.3, 0.4) is 0 Å². The van der Waals surface area contributed by atoms with Crippen LogP contribution in [0.2, 0.25) is 5.02 Å². The third-order valence-corrected chi connectivity index (χ3v) is 4.12. The van der Waals surface area contributed by atoms with Crippen molar-refractivity contribution in [3.8, 4) is 5.69 Å². The van der Waals surface area contributed by atoms with Crippen LogP contribution in [0.25, 0.3) is 5.69 Å². The van der Waals surface area contributed by atoms with Gasteiger partial charge in [-0.3, -0.25) is 4.79 Å². The van der Waals surface area contributed by atoms with Crippen LogP contribution >= 0.6 is 11.6 Å². The van der Waals surface area contributed by atoms with E-state index < -0.39 is 0 Å². The molecule has 2 aromatic rings. The Kier molecular flexibility index (Phi) is 5.24. The lowest BCUT2D eigenvalue weighted by molar-refractivity contribution is -0.121. The number of rotatable bonds is 5. The molecule has 0 spiro atoms. The molecule has 0 radical (unpaired) electrons. The van der Waals surface area contributed by atoms with Crippen molar-refractivity contribution in [3.05, 3.63) is 46.2 Å². The largest absolute Gasteiger partial charge is 0.353 e. The van der Waals surface area contributed by atoms with E-state index in [-0.39, 0.29) is 11.9 Å². The second kappa shape index (κ2) is 6.97. The van der Waals surface area contributed by atoms with Crippen molar-refractivity contribution >= 4 is 17.5 Å². The van der Waals surface area contributed by atoms with Crippen LogP contribution in [0.4, 0.5) is 0 Å². The van der Waals surface area contributed by atoms with E-state index in [4.69, 9.17) is 11.6 Å². The number of hydrogen-bond donors (Lipinski definition) is 1. The number of aromatic nitrogens is 2. The summed E-state index contributed by atoms with van der Waals surface area (Å²) in [5.74, 6) is 0.0382. The van der Waals surface area contributed by atoms with Crippen LogP contribution in [0.15, 0.2) is 24.3 Å². The predicted molar refractivity (Wildman–Crippen MR) is 89.6 cm³/mol. The zero-order valence-corrected chi connectivity index (χ0v) is 14.2. The first-order chi connectivity index (χ1) is 10.4. The minimum atomic E-state index is 0.0382. The fourth-order valence-corrected chi connectivity index (χ4v) is 2.48. The maximum atomic E-state index is 12.1. The van der Waals surface area contributed by atoms with Crippen molar-refractivity contribution in [2.75, 3.05) is 0 Å². The highest BCUT2D eigenvalue weighted by atomic mass is 35.5. The van der Waals surface area contributed by atoms with Gasteiger partial charge in [0.05, 0.1) is 17.8 Å². The fraction of sp³-hybridized carbons (Fsp3) is 0.412. The summed E-state index contributed by atoms with van der Waals surface area (Å²) in [6, 6.07) is 7.71. The lowest BCUT2D eigenvalue weighted by Crippen LogP contribution is -2.33. The normalized spacial score (nSPS) is 12.2. The number of carbonyl (C=O) groups excluding carboxylic acids is 1. The van der Waals surface area contributed by atoms with Crippen LogP contribution in [0.5, 0.6) is 0 Å². The fourth-order valence-electron chi connectivity index (χ4n) is 2.35. The second-order valence-corrected chi connectivity index (χ2v) is 6.03. The van der Waals surface area contributed by atoms with Gasteiger partial charge in [-0.05, 0) is 51.5 Å². The predicted octanol–water partition coefficient (Wildman–Crippen LogP) is 3.60. The summed E-state index contributed by atoms with van der Waals surface area (Å²) in [5.41, 5.74) is 3.79. The molecule has 1 atom stereocenters. The Morgan fingerprint density at radius 3 is 2.55 bits per heavy atom. The van der Waals surface area contributed by atoms with Crippen molar-refractivity contribution in [1.82, 2.24) is 15.1 Å². The lowest BCUT2D eigenvalue weighted by atomic mass is 10.1. The number of aryl methyl sites for hydroxylation is 1. The Hall–Kier alpha value is -1.81. The second-order valence-electron chi connectivity index (χ2n) is 5.59. The van der Waals surface area contributed by atoms with Gasteiger partial charge < -0.3 is 5.32 Å². The van der Waals surface area contributed by atoms with Gasteiger partial charge in [0, 0.05) is 22.3 Å². The highest BCUT2D eigenvalue weighted by Gasteiger charge is 2.16. The average molecular weight is 320 g/mol. The Morgan fingerprint density at radius 2 is 1.95 bits per heavy atom. The van der Waals surface area contributed by atoms with E-state index in [1.165, 1.54) is 0 Å². The van der Waals surface area contributed by atoms with Gasteiger partial charge >= 0.3 is 0 Å². The van der Waals surface area contributed by atoms with E-state index in [0.717, 1.165) is 29.1 Å². The first-order valence-electron chi connectivity index (χ1n) is 7.52. The molecular weight excluding hydrogens is 298 g/mol. The number of nitrogens with one attached hydrogen (secondary N) is 1. The maximum Gasteiger partial charge on any atom is 0.224 e. The first-order valence-corrected chi connectivity index (χ1v) is 7.90. The van der Waals surface area contributed by atoms with Crippen molar-refractivity contribution in [2.24, 2.45) is 0 Å². The maximum absolute atomic E-state index is 12.1. The first kappa shape index (κ1) is 16.6. The van der Waals surface area contributed by atoms with Gasteiger partial charge in [0.1, 0.15) is 0 Å². The van der Waals surface area contributed by atoms with E-state index >= 15 is 0 Å². The van der Waals surface area contributed by atoms with Crippen LogP contribution in [-0.4, -0.2) is 21.7 Å². The van der Waals surface area contributed by atoms with E-state index in [9.17, 15) is 4.79 Å². The molecule has 0 bridgehead atoms. The van der Waals surface area contributed by atoms with E-state index in [1.54, 1.807) is 0 Å². The van der Waals surface area contributed by atoms with Gasteiger partial charge in [-0.1, -0.05) is 18.5 Å². The number of benzene rings is 1. The quantitative estimate of drug-likeness (QED) is 0.915. The Morgan fingerprint density at radius 1 is 1.32 bits per heavy atom. The molecule has 0 saturated heterocycles. The molecule has 22 heavy (non-hydrogen) atoms. The van der Waals surface area contributed by atoms with Crippen molar-refractivity contribution < 1.29 is 4.79 Å². The molecule has 1 aromatic carbocycles. The molecule has 1 amide bonds. The zero-order chi connectivity index (χ0) is 16.3. The van der Waals surface area contributed by atoms with Gasteiger partial charge in [-0.25, -0.2) is 4.68 Å². The van der Waals surface area contributed by atoms with Crippen LogP contribution in [0.1, 0.15) is 37.2 Å². The molecule has 0 saturated carbocycles. The van der Waals surface area contributed by atoms with Gasteiger partial charge in [0.25, 0.3) is 0 Å². The summed E-state index contributed by atoms with van der Waals surface area (Å²) in [7, 11) is 0. The number of hydrogen-bond acceptors (Lipinski definition) is 2. The molecular formula is C17H22ClN3O. The number of halogens is 1. The molecule has 0 aliphatic rings. The van der Waals surface area contributed by atoms with Crippen LogP contribution in [-0.2, 0) is 11.2 Å². The van der Waals surface area contributed by atoms with E-state index in [0.29, 0.717) is 11.4 Å². The van der Waals surface area contributed by atoms with Crippen molar-refractivity contribution in [2.45, 2.75) is 46.6 Å². The van der Waals surface area contributed by atoms with Crippen molar-refractivity contribution in [1.29, 1.82) is 0 Å². The minimum absolute atomic E-state index is 0.0382. The van der Waals surface area contributed by atoms with E-state index in [1.807, 2.05) is 49.7 Å². The van der Waals surface area contributed by atoms with Crippen molar-refractivity contribution in [3.63, 3.8) is 0 Å². The van der Waals surface area contributed by atoms with Gasteiger partial charge in [-0.2, -0.15) is 5.10 Å².